The molecule has 1 aliphatic rings. The molecule has 5 aromatic rings. The smallest absolute Gasteiger partial charge is 0.460 e. The molecule has 0 aliphatic carbocycles. The zero-order valence-electron chi connectivity index (χ0n) is 22.1. The average Bonchev–Trinajstić information content (AvgIpc) is 3.17. The van der Waals surface area contributed by atoms with Crippen LogP contribution in [0.25, 0.3) is 22.3 Å². The molecule has 3 aromatic carbocycles. The van der Waals surface area contributed by atoms with Gasteiger partial charge in [0.15, 0.2) is 7.14 Å². The molecule has 0 fully saturated rings. The van der Waals surface area contributed by atoms with Crippen molar-refractivity contribution in [3.8, 4) is 33.9 Å². The van der Waals surface area contributed by atoms with Crippen molar-refractivity contribution in [1.82, 2.24) is 9.97 Å². The fraction of sp³-hybridized carbons (Fsp3) is 0.152. The minimum Gasteiger partial charge on any atom is -0.460 e. The van der Waals surface area contributed by atoms with Crippen LogP contribution >= 0.6 is 7.14 Å². The summed E-state index contributed by atoms with van der Waals surface area (Å²) in [7, 11) is -3.24. The van der Waals surface area contributed by atoms with Crippen LogP contribution in [0.15, 0.2) is 91.3 Å². The number of fused-ring (bicyclic) bond motifs is 3. The van der Waals surface area contributed by atoms with E-state index in [9.17, 15) is 0 Å². The Kier molecular flexibility index (Phi) is 7.23. The van der Waals surface area contributed by atoms with E-state index >= 15 is 4.57 Å². The Morgan fingerprint density at radius 1 is 0.795 bits per heavy atom. The van der Waals surface area contributed by atoms with Crippen molar-refractivity contribution in [3.63, 3.8) is 0 Å². The standard InChI is InChI=1S/C33H27N2O2P.Pt/c1-22-14-16-34-31(18-22)37-26-9-7-8-23(19-26)24-12-13-28-27-10-5-6-11-29(27)38(36,30(28)20-24)32-21-25(15-17-35-32)33(2,3)4;/h5-18,21H,1-4H3;/q-2;+2. The van der Waals surface area contributed by atoms with Crippen molar-refractivity contribution < 1.29 is 30.4 Å². The Balaban J connectivity index is 0.00000308. The molecule has 2 aromatic heterocycles. The molecule has 1 atom stereocenters. The van der Waals surface area contributed by atoms with Crippen molar-refractivity contribution in [1.29, 1.82) is 0 Å². The maximum Gasteiger partial charge on any atom is 2.00 e. The second-order valence-electron chi connectivity index (χ2n) is 10.6. The predicted molar refractivity (Wildman–Crippen MR) is 153 cm³/mol. The number of nitrogens with zero attached hydrogens (tertiary/aromatic N) is 2. The van der Waals surface area contributed by atoms with Gasteiger partial charge in [0, 0.05) is 29.5 Å². The summed E-state index contributed by atoms with van der Waals surface area (Å²) < 4.78 is 21.1. The van der Waals surface area contributed by atoms with Crippen molar-refractivity contribution in [2.24, 2.45) is 0 Å². The molecule has 39 heavy (non-hydrogen) atoms. The summed E-state index contributed by atoms with van der Waals surface area (Å²) in [5.41, 5.74) is 6.18. The van der Waals surface area contributed by atoms with Gasteiger partial charge in [0.1, 0.15) is 5.44 Å². The maximum absolute atomic E-state index is 15.1. The summed E-state index contributed by atoms with van der Waals surface area (Å²) in [6.45, 7) is 8.45. The van der Waals surface area contributed by atoms with E-state index in [1.165, 1.54) is 0 Å². The Labute approximate surface area is 244 Å². The van der Waals surface area contributed by atoms with Gasteiger partial charge in [-0.3, -0.25) is 4.98 Å². The van der Waals surface area contributed by atoms with Crippen LogP contribution in [0.1, 0.15) is 31.9 Å². The van der Waals surface area contributed by atoms with Crippen LogP contribution in [0.4, 0.5) is 0 Å². The van der Waals surface area contributed by atoms with Crippen LogP contribution in [-0.2, 0) is 31.0 Å². The molecule has 6 rings (SSSR count). The third-order valence-electron chi connectivity index (χ3n) is 6.87. The van der Waals surface area contributed by atoms with Crippen molar-refractivity contribution in [3.05, 3.63) is 115 Å². The number of ether oxygens (including phenoxy) is 1. The van der Waals surface area contributed by atoms with E-state index in [-0.39, 0.29) is 26.5 Å². The summed E-state index contributed by atoms with van der Waals surface area (Å²) in [5, 5.41) is 1.50. The molecule has 0 amide bonds. The van der Waals surface area contributed by atoms with Gasteiger partial charge in [-0.1, -0.05) is 55.9 Å². The second kappa shape index (κ2) is 10.3. The molecule has 4 nitrogen and oxygen atoms in total. The number of aryl methyl sites for hydroxylation is 1. The number of rotatable bonds is 4. The number of hydrogen-bond donors (Lipinski definition) is 0. The molecule has 0 bridgehead atoms. The first-order chi connectivity index (χ1) is 18.2. The van der Waals surface area contributed by atoms with Crippen LogP contribution in [0.2, 0.25) is 0 Å². The molecular formula is C33H27N2O2PPt. The average molecular weight is 710 g/mol. The zero-order chi connectivity index (χ0) is 26.5. The van der Waals surface area contributed by atoms with E-state index in [1.807, 2.05) is 85.8 Å². The van der Waals surface area contributed by atoms with Crippen LogP contribution in [-0.4, -0.2) is 9.97 Å². The Hall–Kier alpha value is -3.32. The second-order valence-corrected chi connectivity index (χ2v) is 13.2. The summed E-state index contributed by atoms with van der Waals surface area (Å²) in [6, 6.07) is 32.4. The van der Waals surface area contributed by atoms with E-state index in [0.717, 1.165) is 38.7 Å². The van der Waals surface area contributed by atoms with E-state index in [4.69, 9.17) is 4.74 Å². The molecule has 3 heterocycles. The first kappa shape index (κ1) is 27.3. The first-order valence-electron chi connectivity index (χ1n) is 12.6. The van der Waals surface area contributed by atoms with Gasteiger partial charge in [0.05, 0.1) is 0 Å². The van der Waals surface area contributed by atoms with Gasteiger partial charge in [-0.15, -0.1) is 18.2 Å². The van der Waals surface area contributed by atoms with Crippen molar-refractivity contribution >= 4 is 23.2 Å². The monoisotopic (exact) mass is 709 g/mol. The predicted octanol–water partition coefficient (Wildman–Crippen LogP) is 6.76. The maximum atomic E-state index is 15.1. The van der Waals surface area contributed by atoms with Crippen LogP contribution in [0.5, 0.6) is 11.6 Å². The molecule has 1 unspecified atom stereocenters. The van der Waals surface area contributed by atoms with Crippen LogP contribution in [0.3, 0.4) is 0 Å². The number of hydrogen-bond acceptors (Lipinski definition) is 4. The number of aromatic nitrogens is 2. The Morgan fingerprint density at radius 2 is 1.56 bits per heavy atom. The molecule has 0 radical (unpaired) electrons. The SMILES string of the molecule is Cc1ccnc(Oc2[c-]c(-c3[c-]c4c(cc3)-c3ccccc3P4(=O)c3cc(C(C)(C)C)ccn3)ccc2)c1.[Pt+2]. The summed E-state index contributed by atoms with van der Waals surface area (Å²) in [4.78, 5) is 8.95. The fourth-order valence-electron chi connectivity index (χ4n) is 4.84. The topological polar surface area (TPSA) is 52.1 Å². The van der Waals surface area contributed by atoms with E-state index in [1.54, 1.807) is 12.4 Å². The van der Waals surface area contributed by atoms with Gasteiger partial charge < -0.3 is 9.30 Å². The molecule has 6 heteroatoms. The van der Waals surface area contributed by atoms with Crippen molar-refractivity contribution in [2.45, 2.75) is 33.1 Å². The van der Waals surface area contributed by atoms with Gasteiger partial charge in [-0.05, 0) is 47.2 Å². The summed E-state index contributed by atoms with van der Waals surface area (Å²) >= 11 is 0. The number of benzene rings is 3. The third-order valence-corrected chi connectivity index (χ3v) is 9.81. The number of pyridine rings is 2. The Morgan fingerprint density at radius 3 is 2.36 bits per heavy atom. The minimum absolute atomic E-state index is 0. The van der Waals surface area contributed by atoms with Gasteiger partial charge >= 0.3 is 21.1 Å². The molecule has 196 valence electrons. The van der Waals surface area contributed by atoms with Crippen LogP contribution in [0, 0.1) is 19.1 Å². The minimum atomic E-state index is -3.24. The van der Waals surface area contributed by atoms with Gasteiger partial charge in [0.25, 0.3) is 0 Å². The van der Waals surface area contributed by atoms with Gasteiger partial charge in [-0.2, -0.15) is 24.3 Å². The molecular weight excluding hydrogens is 682 g/mol. The molecule has 0 saturated carbocycles. The fourth-order valence-corrected chi connectivity index (χ4v) is 7.75. The third kappa shape index (κ3) is 4.93. The van der Waals surface area contributed by atoms with E-state index in [0.29, 0.717) is 22.4 Å². The quantitative estimate of drug-likeness (QED) is 0.150. The summed E-state index contributed by atoms with van der Waals surface area (Å²) in [5.74, 6) is 1.07. The van der Waals surface area contributed by atoms with Gasteiger partial charge in [0.2, 0.25) is 5.88 Å². The van der Waals surface area contributed by atoms with Gasteiger partial charge in [-0.25, -0.2) is 16.1 Å². The van der Waals surface area contributed by atoms with Crippen molar-refractivity contribution in [2.75, 3.05) is 0 Å². The normalized spacial score (nSPS) is 15.7. The molecule has 1 aliphatic heterocycles. The zero-order valence-corrected chi connectivity index (χ0v) is 25.3. The van der Waals surface area contributed by atoms with Crippen LogP contribution < -0.4 is 20.8 Å². The largest absolute Gasteiger partial charge is 2.00 e. The van der Waals surface area contributed by atoms with E-state index in [2.05, 4.69) is 42.9 Å². The first-order valence-corrected chi connectivity index (χ1v) is 14.3. The Bertz CT molecular complexity index is 1740. The molecule has 0 saturated heterocycles. The molecule has 0 N–H and O–H groups in total. The molecule has 0 spiro atoms. The summed E-state index contributed by atoms with van der Waals surface area (Å²) in [6.07, 6.45) is 3.49. The van der Waals surface area contributed by atoms with E-state index < -0.39 is 7.14 Å².